The quantitative estimate of drug-likeness (QED) is 0.707. The Balaban J connectivity index is 2.57. The van der Waals surface area contributed by atoms with Crippen LogP contribution >= 0.6 is 21.6 Å². The number of aliphatic hydroxyl groups is 1. The van der Waals surface area contributed by atoms with E-state index in [1.165, 1.54) is 4.31 Å². The number of rotatable bonds is 3. The van der Waals surface area contributed by atoms with Crippen molar-refractivity contribution in [1.29, 1.82) is 0 Å². The van der Waals surface area contributed by atoms with E-state index in [0.29, 0.717) is 13.1 Å². The van der Waals surface area contributed by atoms with Crippen LogP contribution in [0.15, 0.2) is 0 Å². The molecule has 0 aromatic rings. The highest BCUT2D eigenvalue weighted by Crippen LogP contribution is 2.24. The number of hydrogen-bond acceptors (Lipinski definition) is 5. The van der Waals surface area contributed by atoms with Gasteiger partial charge >= 0.3 is 0 Å². The van der Waals surface area contributed by atoms with Crippen molar-refractivity contribution in [2.45, 2.75) is 0 Å². The van der Waals surface area contributed by atoms with Crippen LogP contribution in [0.2, 0.25) is 0 Å². The van der Waals surface area contributed by atoms with Gasteiger partial charge in [-0.25, -0.2) is 12.7 Å². The number of sulfonamides is 1. The minimum absolute atomic E-state index is 0.150. The van der Waals surface area contributed by atoms with Gasteiger partial charge in [0.05, 0.1) is 12.4 Å². The van der Waals surface area contributed by atoms with Crippen LogP contribution in [0.4, 0.5) is 0 Å². The van der Waals surface area contributed by atoms with Crippen molar-refractivity contribution in [3.63, 3.8) is 0 Å². The SMILES string of the molecule is O=S(=O)(CCO)N1CCSSCC1. The Kier molecular flexibility index (Phi) is 4.88. The number of nitrogens with zero attached hydrogens (tertiary/aromatic N) is 1. The first-order chi connectivity index (χ1) is 6.17. The van der Waals surface area contributed by atoms with Crippen LogP contribution in [0, 0.1) is 0 Å². The van der Waals surface area contributed by atoms with Crippen molar-refractivity contribution >= 4 is 31.6 Å². The average molecular weight is 243 g/mol. The first-order valence-electron chi connectivity index (χ1n) is 4.00. The zero-order valence-corrected chi connectivity index (χ0v) is 9.63. The summed E-state index contributed by atoms with van der Waals surface area (Å²) in [6, 6.07) is 0. The normalized spacial score (nSPS) is 21.3. The molecule has 1 saturated heterocycles. The van der Waals surface area contributed by atoms with E-state index in [0.717, 1.165) is 11.5 Å². The van der Waals surface area contributed by atoms with Crippen molar-refractivity contribution in [2.75, 3.05) is 37.0 Å². The Hall–Kier alpha value is 0.570. The maximum absolute atomic E-state index is 11.5. The van der Waals surface area contributed by atoms with Crippen molar-refractivity contribution < 1.29 is 13.5 Å². The standard InChI is InChI=1S/C6H13NO3S3/c8-3-6-13(9,10)7-1-4-11-12-5-2-7/h8H,1-6H2. The molecule has 0 spiro atoms. The molecule has 1 fully saturated rings. The van der Waals surface area contributed by atoms with E-state index in [9.17, 15) is 8.42 Å². The fourth-order valence-corrected chi connectivity index (χ4v) is 4.47. The Morgan fingerprint density at radius 2 is 1.77 bits per heavy atom. The van der Waals surface area contributed by atoms with Gasteiger partial charge in [-0.3, -0.25) is 0 Å². The van der Waals surface area contributed by atoms with E-state index in [1.54, 1.807) is 21.6 Å². The van der Waals surface area contributed by atoms with Gasteiger partial charge in [0, 0.05) is 24.6 Å². The van der Waals surface area contributed by atoms with Gasteiger partial charge in [0.1, 0.15) is 0 Å². The van der Waals surface area contributed by atoms with Gasteiger partial charge in [0.15, 0.2) is 0 Å². The maximum atomic E-state index is 11.5. The lowest BCUT2D eigenvalue weighted by Crippen LogP contribution is -2.36. The van der Waals surface area contributed by atoms with E-state index in [4.69, 9.17) is 5.11 Å². The summed E-state index contributed by atoms with van der Waals surface area (Å²) in [6.07, 6.45) is 0. The second kappa shape index (κ2) is 5.45. The van der Waals surface area contributed by atoms with E-state index < -0.39 is 10.0 Å². The van der Waals surface area contributed by atoms with Crippen molar-refractivity contribution in [3.05, 3.63) is 0 Å². The Morgan fingerprint density at radius 3 is 2.23 bits per heavy atom. The van der Waals surface area contributed by atoms with Gasteiger partial charge in [-0.05, 0) is 0 Å². The molecule has 0 unspecified atom stereocenters. The topological polar surface area (TPSA) is 57.6 Å². The summed E-state index contributed by atoms with van der Waals surface area (Å²) in [5.41, 5.74) is 0. The Bertz CT molecular complexity index is 234. The lowest BCUT2D eigenvalue weighted by atomic mass is 10.6. The molecule has 0 aliphatic carbocycles. The van der Waals surface area contributed by atoms with Gasteiger partial charge in [-0.15, -0.1) is 0 Å². The maximum Gasteiger partial charge on any atom is 0.216 e. The molecule has 0 aromatic carbocycles. The Labute approximate surface area is 86.5 Å². The zero-order valence-electron chi connectivity index (χ0n) is 7.18. The van der Waals surface area contributed by atoms with Crippen LogP contribution in [0.25, 0.3) is 0 Å². The zero-order chi connectivity index (χ0) is 9.73. The van der Waals surface area contributed by atoms with Crippen LogP contribution < -0.4 is 0 Å². The molecule has 0 amide bonds. The molecule has 0 aromatic heterocycles. The van der Waals surface area contributed by atoms with E-state index in [-0.39, 0.29) is 12.4 Å². The molecule has 0 radical (unpaired) electrons. The minimum atomic E-state index is -3.20. The number of hydrogen-bond donors (Lipinski definition) is 1. The molecule has 0 saturated carbocycles. The van der Waals surface area contributed by atoms with Gasteiger partial charge in [-0.2, -0.15) is 0 Å². The monoisotopic (exact) mass is 243 g/mol. The van der Waals surface area contributed by atoms with Crippen molar-refractivity contribution in [2.24, 2.45) is 0 Å². The predicted molar refractivity (Wildman–Crippen MR) is 57.4 cm³/mol. The van der Waals surface area contributed by atoms with E-state index >= 15 is 0 Å². The molecule has 78 valence electrons. The van der Waals surface area contributed by atoms with Gasteiger partial charge in [0.2, 0.25) is 10.0 Å². The molecule has 1 aliphatic heterocycles. The van der Waals surface area contributed by atoms with E-state index in [1.807, 2.05) is 0 Å². The van der Waals surface area contributed by atoms with E-state index in [2.05, 4.69) is 0 Å². The summed E-state index contributed by atoms with van der Waals surface area (Å²) in [6.45, 7) is 0.846. The highest BCUT2D eigenvalue weighted by Gasteiger charge is 2.22. The molecule has 7 heteroatoms. The molecule has 1 rings (SSSR count). The molecule has 0 atom stereocenters. The lowest BCUT2D eigenvalue weighted by Gasteiger charge is -2.18. The summed E-state index contributed by atoms with van der Waals surface area (Å²) in [5, 5.41) is 8.59. The lowest BCUT2D eigenvalue weighted by molar-refractivity contribution is 0.315. The predicted octanol–water partition coefficient (Wildman–Crippen LogP) is 0.00550. The molecular weight excluding hydrogens is 230 g/mol. The van der Waals surface area contributed by atoms with Crippen LogP contribution in [0.5, 0.6) is 0 Å². The average Bonchev–Trinajstić information content (AvgIpc) is 2.31. The molecule has 0 bridgehead atoms. The van der Waals surface area contributed by atoms with Crippen molar-refractivity contribution in [1.82, 2.24) is 4.31 Å². The third-order valence-corrected chi connectivity index (χ3v) is 5.89. The summed E-state index contributed by atoms with van der Waals surface area (Å²) in [5.74, 6) is 1.51. The molecule has 1 aliphatic rings. The highest BCUT2D eigenvalue weighted by molar-refractivity contribution is 8.76. The summed E-state index contributed by atoms with van der Waals surface area (Å²) < 4.78 is 24.4. The highest BCUT2D eigenvalue weighted by atomic mass is 33.1. The summed E-state index contributed by atoms with van der Waals surface area (Å²) in [4.78, 5) is 0. The van der Waals surface area contributed by atoms with Crippen LogP contribution in [0.3, 0.4) is 0 Å². The first kappa shape index (κ1) is 11.6. The molecule has 4 nitrogen and oxygen atoms in total. The largest absolute Gasteiger partial charge is 0.395 e. The van der Waals surface area contributed by atoms with Crippen LogP contribution in [-0.4, -0.2) is 54.8 Å². The fraction of sp³-hybridized carbons (Fsp3) is 1.00. The molecule has 13 heavy (non-hydrogen) atoms. The second-order valence-corrected chi connectivity index (χ2v) is 7.37. The first-order valence-corrected chi connectivity index (χ1v) is 8.09. The summed E-state index contributed by atoms with van der Waals surface area (Å²) >= 11 is 0. The van der Waals surface area contributed by atoms with Gasteiger partial charge in [-0.1, -0.05) is 21.6 Å². The molecule has 1 N–H and O–H groups in total. The third kappa shape index (κ3) is 3.67. The molecular formula is C6H13NO3S3. The van der Waals surface area contributed by atoms with Gasteiger partial charge < -0.3 is 5.11 Å². The van der Waals surface area contributed by atoms with Gasteiger partial charge in [0.25, 0.3) is 0 Å². The fourth-order valence-electron chi connectivity index (χ4n) is 1.03. The van der Waals surface area contributed by atoms with Crippen LogP contribution in [0.1, 0.15) is 0 Å². The van der Waals surface area contributed by atoms with Crippen LogP contribution in [-0.2, 0) is 10.0 Å². The Morgan fingerprint density at radius 1 is 1.23 bits per heavy atom. The second-order valence-electron chi connectivity index (χ2n) is 2.58. The summed E-state index contributed by atoms with van der Waals surface area (Å²) in [7, 11) is 0.203. The molecule has 1 heterocycles. The minimum Gasteiger partial charge on any atom is -0.395 e. The smallest absolute Gasteiger partial charge is 0.216 e. The third-order valence-electron chi connectivity index (χ3n) is 1.67. The van der Waals surface area contributed by atoms with Crippen molar-refractivity contribution in [3.8, 4) is 0 Å². The number of aliphatic hydroxyl groups excluding tert-OH is 1.